The Morgan fingerprint density at radius 3 is 2.78 bits per heavy atom. The standard InChI is InChI=1S/C18H15ClN2OS/c19-14-7-1-2-9-16(14)23-12-10-17(22)21-15-8-3-5-13-6-4-11-20-18(13)15/h1-9,11H,10,12H2,(H,21,22). The number of para-hydroxylation sites is 1. The number of aromatic nitrogens is 1. The molecular weight excluding hydrogens is 328 g/mol. The summed E-state index contributed by atoms with van der Waals surface area (Å²) in [5.74, 6) is 0.649. The van der Waals surface area contributed by atoms with Crippen molar-refractivity contribution in [2.75, 3.05) is 11.1 Å². The number of rotatable bonds is 5. The van der Waals surface area contributed by atoms with Gasteiger partial charge < -0.3 is 5.32 Å². The molecule has 2 aromatic carbocycles. The maximum absolute atomic E-state index is 12.1. The second-order valence-electron chi connectivity index (χ2n) is 4.96. The molecule has 23 heavy (non-hydrogen) atoms. The van der Waals surface area contributed by atoms with Crippen LogP contribution in [0.1, 0.15) is 6.42 Å². The van der Waals surface area contributed by atoms with Crippen molar-refractivity contribution < 1.29 is 4.79 Å². The highest BCUT2D eigenvalue weighted by molar-refractivity contribution is 7.99. The number of thioether (sulfide) groups is 1. The Kier molecular flexibility index (Phi) is 5.16. The molecule has 3 aromatic rings. The summed E-state index contributed by atoms with van der Waals surface area (Å²) in [4.78, 5) is 17.5. The van der Waals surface area contributed by atoms with Crippen LogP contribution in [0.3, 0.4) is 0 Å². The van der Waals surface area contributed by atoms with Crippen LogP contribution >= 0.6 is 23.4 Å². The molecule has 0 atom stereocenters. The van der Waals surface area contributed by atoms with Crippen molar-refractivity contribution in [1.29, 1.82) is 0 Å². The van der Waals surface area contributed by atoms with E-state index in [0.29, 0.717) is 12.2 Å². The third-order valence-electron chi connectivity index (χ3n) is 3.33. The molecule has 3 nitrogen and oxygen atoms in total. The van der Waals surface area contributed by atoms with Crippen molar-refractivity contribution in [2.24, 2.45) is 0 Å². The van der Waals surface area contributed by atoms with Crippen LogP contribution in [-0.2, 0) is 4.79 Å². The smallest absolute Gasteiger partial charge is 0.225 e. The minimum atomic E-state index is -0.0253. The molecule has 1 heterocycles. The van der Waals surface area contributed by atoms with Gasteiger partial charge in [-0.05, 0) is 24.3 Å². The largest absolute Gasteiger partial charge is 0.324 e. The van der Waals surface area contributed by atoms with Crippen LogP contribution in [0.4, 0.5) is 5.69 Å². The predicted molar refractivity (Wildman–Crippen MR) is 97.2 cm³/mol. The Bertz CT molecular complexity index is 833. The van der Waals surface area contributed by atoms with Gasteiger partial charge in [0.05, 0.1) is 16.2 Å². The molecule has 1 N–H and O–H groups in total. The van der Waals surface area contributed by atoms with Gasteiger partial charge in [0, 0.05) is 28.7 Å². The van der Waals surface area contributed by atoms with Crippen molar-refractivity contribution in [3.63, 3.8) is 0 Å². The van der Waals surface area contributed by atoms with Crippen molar-refractivity contribution >= 4 is 45.9 Å². The SMILES string of the molecule is O=C(CCSc1ccccc1Cl)Nc1cccc2cccnc12. The second-order valence-corrected chi connectivity index (χ2v) is 6.50. The molecule has 1 aromatic heterocycles. The van der Waals surface area contributed by atoms with E-state index in [2.05, 4.69) is 10.3 Å². The molecule has 3 rings (SSSR count). The van der Waals surface area contributed by atoms with Crippen molar-refractivity contribution in [3.8, 4) is 0 Å². The van der Waals surface area contributed by atoms with Crippen LogP contribution in [0, 0.1) is 0 Å². The monoisotopic (exact) mass is 342 g/mol. The van der Waals surface area contributed by atoms with Gasteiger partial charge in [-0.3, -0.25) is 9.78 Å². The van der Waals surface area contributed by atoms with Crippen molar-refractivity contribution in [3.05, 3.63) is 65.8 Å². The minimum Gasteiger partial charge on any atom is -0.324 e. The van der Waals surface area contributed by atoms with Gasteiger partial charge in [-0.1, -0.05) is 41.9 Å². The average Bonchev–Trinajstić information content (AvgIpc) is 2.57. The number of hydrogen-bond acceptors (Lipinski definition) is 3. The fourth-order valence-corrected chi connectivity index (χ4v) is 3.42. The van der Waals surface area contributed by atoms with Crippen LogP contribution in [-0.4, -0.2) is 16.6 Å². The molecule has 0 unspecified atom stereocenters. The lowest BCUT2D eigenvalue weighted by Gasteiger charge is -2.08. The van der Waals surface area contributed by atoms with E-state index in [0.717, 1.165) is 26.5 Å². The van der Waals surface area contributed by atoms with Crippen LogP contribution < -0.4 is 5.32 Å². The molecule has 0 saturated carbocycles. The number of hydrogen-bond donors (Lipinski definition) is 1. The molecule has 0 aliphatic rings. The number of nitrogens with zero attached hydrogens (tertiary/aromatic N) is 1. The third kappa shape index (κ3) is 4.03. The Morgan fingerprint density at radius 1 is 1.09 bits per heavy atom. The van der Waals surface area contributed by atoms with Crippen molar-refractivity contribution in [2.45, 2.75) is 11.3 Å². The van der Waals surface area contributed by atoms with Gasteiger partial charge in [0.1, 0.15) is 0 Å². The summed E-state index contributed by atoms with van der Waals surface area (Å²) in [5.41, 5.74) is 1.55. The first kappa shape index (κ1) is 15.8. The molecule has 5 heteroatoms. The zero-order valence-electron chi connectivity index (χ0n) is 12.3. The molecule has 0 bridgehead atoms. The Hall–Kier alpha value is -2.04. The molecule has 116 valence electrons. The van der Waals surface area contributed by atoms with Gasteiger partial charge in [0.2, 0.25) is 5.91 Å². The lowest BCUT2D eigenvalue weighted by molar-refractivity contribution is -0.115. The lowest BCUT2D eigenvalue weighted by Crippen LogP contribution is -2.12. The molecule has 0 aliphatic heterocycles. The zero-order valence-corrected chi connectivity index (χ0v) is 13.9. The van der Waals surface area contributed by atoms with Crippen LogP contribution in [0.5, 0.6) is 0 Å². The summed E-state index contributed by atoms with van der Waals surface area (Å²) in [7, 11) is 0. The fourth-order valence-electron chi connectivity index (χ4n) is 2.23. The van der Waals surface area contributed by atoms with E-state index < -0.39 is 0 Å². The Labute approximate surface area is 144 Å². The molecule has 0 saturated heterocycles. The number of carbonyl (C=O) groups is 1. The molecule has 0 spiro atoms. The highest BCUT2D eigenvalue weighted by atomic mass is 35.5. The summed E-state index contributed by atoms with van der Waals surface area (Å²) in [6.45, 7) is 0. The summed E-state index contributed by atoms with van der Waals surface area (Å²) in [6, 6.07) is 17.3. The van der Waals surface area contributed by atoms with Crippen LogP contribution in [0.2, 0.25) is 5.02 Å². The number of nitrogens with one attached hydrogen (secondary N) is 1. The number of halogens is 1. The van der Waals surface area contributed by atoms with E-state index in [-0.39, 0.29) is 5.91 Å². The number of amides is 1. The van der Waals surface area contributed by atoms with Crippen LogP contribution in [0.15, 0.2) is 65.7 Å². The molecule has 1 amide bonds. The predicted octanol–water partition coefficient (Wildman–Crippen LogP) is 5.01. The minimum absolute atomic E-state index is 0.0253. The molecule has 0 fully saturated rings. The first-order valence-electron chi connectivity index (χ1n) is 7.25. The van der Waals surface area contributed by atoms with Crippen molar-refractivity contribution in [1.82, 2.24) is 4.98 Å². The first-order valence-corrected chi connectivity index (χ1v) is 8.61. The van der Waals surface area contributed by atoms with E-state index in [1.54, 1.807) is 18.0 Å². The maximum Gasteiger partial charge on any atom is 0.225 e. The van der Waals surface area contributed by atoms with Gasteiger partial charge in [0.15, 0.2) is 0 Å². The Morgan fingerprint density at radius 2 is 1.91 bits per heavy atom. The maximum atomic E-state index is 12.1. The fraction of sp³-hybridized carbons (Fsp3) is 0.111. The van der Waals surface area contributed by atoms with Gasteiger partial charge >= 0.3 is 0 Å². The number of pyridine rings is 1. The number of anilines is 1. The summed E-state index contributed by atoms with van der Waals surface area (Å²) in [6.07, 6.45) is 2.14. The number of benzene rings is 2. The van der Waals surface area contributed by atoms with E-state index >= 15 is 0 Å². The molecule has 0 radical (unpaired) electrons. The topological polar surface area (TPSA) is 42.0 Å². The lowest BCUT2D eigenvalue weighted by atomic mass is 10.2. The third-order valence-corrected chi connectivity index (χ3v) is 4.85. The van der Waals surface area contributed by atoms with Gasteiger partial charge in [0.25, 0.3) is 0 Å². The summed E-state index contributed by atoms with van der Waals surface area (Å²) >= 11 is 7.69. The highest BCUT2D eigenvalue weighted by Gasteiger charge is 2.07. The molecule has 0 aliphatic carbocycles. The van der Waals surface area contributed by atoms with Gasteiger partial charge in [-0.15, -0.1) is 11.8 Å². The highest BCUT2D eigenvalue weighted by Crippen LogP contribution is 2.27. The van der Waals surface area contributed by atoms with E-state index in [1.807, 2.05) is 54.6 Å². The zero-order chi connectivity index (χ0) is 16.1. The summed E-state index contributed by atoms with van der Waals surface area (Å²) in [5, 5.41) is 4.67. The van der Waals surface area contributed by atoms with Crippen LogP contribution in [0.25, 0.3) is 10.9 Å². The first-order chi connectivity index (χ1) is 11.2. The molecular formula is C18H15ClN2OS. The normalized spacial score (nSPS) is 10.7. The average molecular weight is 343 g/mol. The van der Waals surface area contributed by atoms with E-state index in [9.17, 15) is 4.79 Å². The second kappa shape index (κ2) is 7.49. The van der Waals surface area contributed by atoms with Gasteiger partial charge in [-0.2, -0.15) is 0 Å². The number of fused-ring (bicyclic) bond motifs is 1. The van der Waals surface area contributed by atoms with Gasteiger partial charge in [-0.25, -0.2) is 0 Å². The van der Waals surface area contributed by atoms with E-state index in [1.165, 1.54) is 0 Å². The quantitative estimate of drug-likeness (QED) is 0.663. The Balaban J connectivity index is 1.60. The van der Waals surface area contributed by atoms with E-state index in [4.69, 9.17) is 11.6 Å². The number of carbonyl (C=O) groups excluding carboxylic acids is 1. The summed E-state index contributed by atoms with van der Waals surface area (Å²) < 4.78 is 0.